The molecule has 7 aromatic rings. The number of carbonyl (C=O) groups excluding carboxylic acids is 1. The molecule has 0 atom stereocenters. The first-order chi connectivity index (χ1) is 19.7. The summed E-state index contributed by atoms with van der Waals surface area (Å²) >= 11 is 0. The van der Waals surface area contributed by atoms with Gasteiger partial charge >= 0.3 is 0 Å². The highest BCUT2D eigenvalue weighted by atomic mass is 16.3. The van der Waals surface area contributed by atoms with E-state index < -0.39 is 0 Å². The van der Waals surface area contributed by atoms with Crippen LogP contribution in [0.4, 0.5) is 23.0 Å². The van der Waals surface area contributed by atoms with E-state index in [-0.39, 0.29) is 5.91 Å². The first-order valence-electron chi connectivity index (χ1n) is 12.9. The van der Waals surface area contributed by atoms with Crippen molar-refractivity contribution in [3.8, 4) is 0 Å². The molecule has 194 valence electrons. The lowest BCUT2D eigenvalue weighted by atomic mass is 10.1. The molecule has 0 saturated carbocycles. The van der Waals surface area contributed by atoms with Crippen molar-refractivity contribution in [3.05, 3.63) is 127 Å². The van der Waals surface area contributed by atoms with Crippen molar-refractivity contribution in [2.75, 3.05) is 10.2 Å². The zero-order valence-electron chi connectivity index (χ0n) is 21.4. The summed E-state index contributed by atoms with van der Waals surface area (Å²) in [6.07, 6.45) is 3.50. The minimum atomic E-state index is -0.217. The lowest BCUT2D eigenvalue weighted by Gasteiger charge is -2.25. The highest BCUT2D eigenvalue weighted by Crippen LogP contribution is 2.41. The van der Waals surface area contributed by atoms with Gasteiger partial charge < -0.3 is 15.5 Å². The number of fused-ring (bicyclic) bond motifs is 4. The van der Waals surface area contributed by atoms with E-state index in [1.54, 1.807) is 29.0 Å². The Morgan fingerprint density at radius 3 is 2.62 bits per heavy atom. The molecule has 3 aromatic heterocycles. The van der Waals surface area contributed by atoms with E-state index in [9.17, 15) is 4.79 Å². The quantitative estimate of drug-likeness (QED) is 0.248. The summed E-state index contributed by atoms with van der Waals surface area (Å²) in [6.45, 7) is 0.366. The molecule has 40 heavy (non-hydrogen) atoms. The van der Waals surface area contributed by atoms with Crippen molar-refractivity contribution < 1.29 is 9.21 Å². The monoisotopic (exact) mass is 524 g/mol. The Hall–Kier alpha value is -5.47. The van der Waals surface area contributed by atoms with Gasteiger partial charge in [-0.3, -0.25) is 9.69 Å². The highest BCUT2D eigenvalue weighted by Gasteiger charge is 2.23. The van der Waals surface area contributed by atoms with Crippen LogP contribution in [0.2, 0.25) is 0 Å². The van der Waals surface area contributed by atoms with Crippen LogP contribution in [0.3, 0.4) is 0 Å². The van der Waals surface area contributed by atoms with Crippen molar-refractivity contribution in [1.29, 1.82) is 0 Å². The van der Waals surface area contributed by atoms with Crippen LogP contribution < -0.4 is 16.0 Å². The molecule has 1 amide bonds. The number of nitrogens with two attached hydrogens (primary N) is 1. The number of nitrogens with zero attached hydrogens (tertiary/aromatic N) is 4. The zero-order chi connectivity index (χ0) is 27.1. The second-order valence-corrected chi connectivity index (χ2v) is 9.41. The number of carbonyl (C=O) groups is 1. The van der Waals surface area contributed by atoms with Gasteiger partial charge in [-0.1, -0.05) is 48.5 Å². The molecule has 4 aromatic carbocycles. The average Bonchev–Trinajstić information content (AvgIpc) is 3.63. The molecule has 0 spiro atoms. The molecule has 0 unspecified atom stereocenters. The Kier molecular flexibility index (Phi) is 5.72. The number of hydrogen-bond donors (Lipinski definition) is 2. The van der Waals surface area contributed by atoms with Gasteiger partial charge in [-0.15, -0.1) is 0 Å². The first-order valence-corrected chi connectivity index (χ1v) is 12.9. The Morgan fingerprint density at radius 1 is 0.875 bits per heavy atom. The summed E-state index contributed by atoms with van der Waals surface area (Å²) < 4.78 is 8.18. The van der Waals surface area contributed by atoms with Crippen molar-refractivity contribution in [2.24, 2.45) is 5.73 Å². The summed E-state index contributed by atoms with van der Waals surface area (Å²) in [5, 5.41) is 9.60. The Morgan fingerprint density at radius 2 is 1.70 bits per heavy atom. The van der Waals surface area contributed by atoms with Gasteiger partial charge in [-0.25, -0.2) is 4.98 Å². The van der Waals surface area contributed by atoms with Gasteiger partial charge in [0.15, 0.2) is 5.58 Å². The van der Waals surface area contributed by atoms with Crippen LogP contribution >= 0.6 is 0 Å². The summed E-state index contributed by atoms with van der Waals surface area (Å²) in [4.78, 5) is 19.8. The van der Waals surface area contributed by atoms with Gasteiger partial charge in [-0.2, -0.15) is 9.61 Å². The predicted molar refractivity (Wildman–Crippen MR) is 157 cm³/mol. The molecule has 0 bridgehead atoms. The number of anilines is 4. The third kappa shape index (κ3) is 4.03. The van der Waals surface area contributed by atoms with E-state index >= 15 is 0 Å². The molecule has 0 fully saturated rings. The Labute approximate surface area is 229 Å². The van der Waals surface area contributed by atoms with Crippen LogP contribution in [0.5, 0.6) is 0 Å². The molecule has 0 radical (unpaired) electrons. The fourth-order valence-electron chi connectivity index (χ4n) is 5.03. The van der Waals surface area contributed by atoms with Crippen LogP contribution in [-0.2, 0) is 6.54 Å². The normalized spacial score (nSPS) is 11.3. The third-order valence-electron chi connectivity index (χ3n) is 6.91. The lowest BCUT2D eigenvalue weighted by Crippen LogP contribution is -2.17. The van der Waals surface area contributed by atoms with E-state index in [0.29, 0.717) is 23.7 Å². The minimum absolute atomic E-state index is 0.217. The van der Waals surface area contributed by atoms with E-state index in [4.69, 9.17) is 15.1 Å². The molecule has 8 heteroatoms. The first kappa shape index (κ1) is 23.6. The number of benzene rings is 4. The number of furan rings is 1. The van der Waals surface area contributed by atoms with Crippen molar-refractivity contribution in [3.63, 3.8) is 0 Å². The Bertz CT molecular complexity index is 2030. The number of aromatic nitrogens is 3. The van der Waals surface area contributed by atoms with Gasteiger partial charge in [0.25, 0.3) is 5.91 Å². The highest BCUT2D eigenvalue weighted by molar-refractivity contribution is 6.10. The molecule has 3 N–H and O–H groups in total. The molecular weight excluding hydrogens is 500 g/mol. The van der Waals surface area contributed by atoms with Crippen LogP contribution in [0, 0.1) is 0 Å². The molecule has 0 aliphatic heterocycles. The van der Waals surface area contributed by atoms with E-state index in [2.05, 4.69) is 22.5 Å². The van der Waals surface area contributed by atoms with Gasteiger partial charge in [0.2, 0.25) is 5.95 Å². The fourth-order valence-corrected chi connectivity index (χ4v) is 5.03. The van der Waals surface area contributed by atoms with Gasteiger partial charge in [0.05, 0.1) is 23.1 Å². The molecule has 0 aliphatic rings. The predicted octanol–water partition coefficient (Wildman–Crippen LogP) is 6.81. The summed E-state index contributed by atoms with van der Waals surface area (Å²) in [6, 6.07) is 32.8. The maximum Gasteiger partial charge on any atom is 0.255 e. The van der Waals surface area contributed by atoms with Crippen molar-refractivity contribution in [2.45, 2.75) is 6.54 Å². The number of rotatable bonds is 6. The smallest absolute Gasteiger partial charge is 0.255 e. The summed E-state index contributed by atoms with van der Waals surface area (Å²) in [7, 11) is 0. The Balaban J connectivity index is 1.38. The van der Waals surface area contributed by atoms with Crippen molar-refractivity contribution in [1.82, 2.24) is 14.6 Å². The van der Waals surface area contributed by atoms with Gasteiger partial charge in [0, 0.05) is 34.8 Å². The van der Waals surface area contributed by atoms with Crippen LogP contribution in [0.1, 0.15) is 15.9 Å². The second-order valence-electron chi connectivity index (χ2n) is 9.41. The average molecular weight is 525 g/mol. The fraction of sp³-hybridized carbons (Fsp3) is 0.0312. The maximum atomic E-state index is 13.1. The molecule has 3 heterocycles. The molecule has 0 saturated heterocycles. The van der Waals surface area contributed by atoms with Crippen LogP contribution in [0.25, 0.3) is 27.5 Å². The SMILES string of the molecule is NCc1cccc(C(=O)Nc2cccc(N(c3cccc4c3oc3ccccc34)c3nccc4ccnn34)c2)c1. The third-order valence-corrected chi connectivity index (χ3v) is 6.91. The van der Waals surface area contributed by atoms with Gasteiger partial charge in [0.1, 0.15) is 5.58 Å². The van der Waals surface area contributed by atoms with E-state index in [1.165, 1.54) is 0 Å². The molecule has 7 rings (SSSR count). The largest absolute Gasteiger partial charge is 0.454 e. The summed E-state index contributed by atoms with van der Waals surface area (Å²) in [5.41, 5.74) is 11.8. The number of hydrogen-bond acceptors (Lipinski definition) is 6. The minimum Gasteiger partial charge on any atom is -0.454 e. The topological polar surface area (TPSA) is 102 Å². The van der Waals surface area contributed by atoms with E-state index in [0.717, 1.165) is 44.4 Å². The molecule has 0 aliphatic carbocycles. The second kappa shape index (κ2) is 9.68. The van der Waals surface area contributed by atoms with Crippen LogP contribution in [-0.4, -0.2) is 20.5 Å². The number of nitrogens with one attached hydrogen (secondary N) is 1. The molecule has 8 nitrogen and oxygen atoms in total. The van der Waals surface area contributed by atoms with E-state index in [1.807, 2.05) is 83.8 Å². The standard InChI is InChI=1S/C32H24N6O2/c33-20-21-6-3-7-22(18-21)31(39)36-23-8-4-9-25(19-23)37(32-34-16-14-24-15-17-35-38(24)32)28-12-5-11-27-26-10-1-2-13-29(26)40-30(27)28/h1-19H,20,33H2,(H,36,39). The zero-order valence-corrected chi connectivity index (χ0v) is 21.4. The number of amides is 1. The number of para-hydroxylation sites is 2. The maximum absolute atomic E-state index is 13.1. The van der Waals surface area contributed by atoms with Crippen molar-refractivity contribution >= 4 is 56.4 Å². The van der Waals surface area contributed by atoms with Gasteiger partial charge in [-0.05, 0) is 60.2 Å². The summed E-state index contributed by atoms with van der Waals surface area (Å²) in [5.74, 6) is 0.361. The van der Waals surface area contributed by atoms with Crippen LogP contribution in [0.15, 0.2) is 120 Å². The molecular formula is C32H24N6O2. The lowest BCUT2D eigenvalue weighted by molar-refractivity contribution is 0.102.